The van der Waals surface area contributed by atoms with Crippen LogP contribution in [0.2, 0.25) is 0 Å². The fourth-order valence-electron chi connectivity index (χ4n) is 0. The van der Waals surface area contributed by atoms with Crippen molar-refractivity contribution in [3.8, 4) is 0 Å². The summed E-state index contributed by atoms with van der Waals surface area (Å²) in [4.78, 5) is 0. The van der Waals surface area contributed by atoms with Gasteiger partial charge in [-0.05, 0) is 13.3 Å². The predicted molar refractivity (Wildman–Crippen MR) is 23.1 cm³/mol. The van der Waals surface area contributed by atoms with Crippen molar-refractivity contribution in [2.75, 3.05) is 0 Å². The van der Waals surface area contributed by atoms with Crippen LogP contribution in [-0.2, 0) is 32.7 Å². The fourth-order valence-corrected chi connectivity index (χ4v) is 0. The molecular formula is C4H10O2Y. The van der Waals surface area contributed by atoms with Gasteiger partial charge < -0.3 is 10.2 Å². The second kappa shape index (κ2) is 3.96. The molecule has 0 aliphatic heterocycles. The first kappa shape index (κ1) is 10.9. The second-order valence-corrected chi connectivity index (χ2v) is 1.57. The molecule has 7 heavy (non-hydrogen) atoms. The Balaban J connectivity index is 0. The van der Waals surface area contributed by atoms with E-state index in [1.807, 2.05) is 0 Å². The Morgan fingerprint density at radius 3 is 1.57 bits per heavy atom. The quantitative estimate of drug-likeness (QED) is 0.560. The van der Waals surface area contributed by atoms with Gasteiger partial charge in [-0.25, -0.2) is 0 Å². The minimum atomic E-state index is -1.46. The van der Waals surface area contributed by atoms with Gasteiger partial charge in [0, 0.05) is 32.7 Å². The molecule has 41 valence electrons. The molecular weight excluding hydrogens is 169 g/mol. The maximum Gasteiger partial charge on any atom is 0.159 e. The summed E-state index contributed by atoms with van der Waals surface area (Å²) in [6, 6.07) is 0. The average Bonchev–Trinajstić information content (AvgIpc) is 1.35. The zero-order valence-corrected chi connectivity index (χ0v) is 7.52. The molecule has 1 radical (unpaired) electrons. The van der Waals surface area contributed by atoms with Crippen LogP contribution in [0.1, 0.15) is 20.3 Å². The summed E-state index contributed by atoms with van der Waals surface area (Å²) < 4.78 is 0. The molecule has 0 atom stereocenters. The van der Waals surface area contributed by atoms with Gasteiger partial charge in [0.1, 0.15) is 0 Å². The summed E-state index contributed by atoms with van der Waals surface area (Å²) in [7, 11) is 0. The van der Waals surface area contributed by atoms with E-state index in [4.69, 9.17) is 10.2 Å². The first-order valence-corrected chi connectivity index (χ1v) is 2.01. The number of rotatable bonds is 1. The van der Waals surface area contributed by atoms with Crippen LogP contribution in [0.3, 0.4) is 0 Å². The molecule has 0 unspecified atom stereocenters. The van der Waals surface area contributed by atoms with E-state index in [1.54, 1.807) is 6.92 Å². The van der Waals surface area contributed by atoms with Gasteiger partial charge in [0.2, 0.25) is 0 Å². The van der Waals surface area contributed by atoms with Crippen molar-refractivity contribution in [1.82, 2.24) is 0 Å². The minimum Gasteiger partial charge on any atom is -0.366 e. The summed E-state index contributed by atoms with van der Waals surface area (Å²) in [6.45, 7) is 3.06. The minimum absolute atomic E-state index is 0. The molecule has 0 heterocycles. The molecule has 3 heteroatoms. The third-order valence-electron chi connectivity index (χ3n) is 0.670. The molecule has 0 saturated carbocycles. The Labute approximate surface area is 68.8 Å². The number of hydrogen-bond donors (Lipinski definition) is 2. The largest absolute Gasteiger partial charge is 0.366 e. The zero-order chi connectivity index (χ0) is 5.21. The summed E-state index contributed by atoms with van der Waals surface area (Å²) in [5.74, 6) is -1.46. The molecule has 0 aromatic heterocycles. The number of hydrogen-bond acceptors (Lipinski definition) is 2. The zero-order valence-electron chi connectivity index (χ0n) is 4.68. The van der Waals surface area contributed by atoms with E-state index in [1.165, 1.54) is 6.92 Å². The van der Waals surface area contributed by atoms with Gasteiger partial charge >= 0.3 is 0 Å². The van der Waals surface area contributed by atoms with Crippen molar-refractivity contribution >= 4 is 0 Å². The van der Waals surface area contributed by atoms with Crippen molar-refractivity contribution in [1.29, 1.82) is 0 Å². The molecule has 0 rings (SSSR count). The summed E-state index contributed by atoms with van der Waals surface area (Å²) >= 11 is 0. The van der Waals surface area contributed by atoms with Crippen molar-refractivity contribution in [2.45, 2.75) is 26.1 Å². The molecule has 0 aliphatic rings. The first-order valence-electron chi connectivity index (χ1n) is 2.01. The Kier molecular flexibility index (Phi) is 6.17. The summed E-state index contributed by atoms with van der Waals surface area (Å²) in [5.41, 5.74) is 0. The molecule has 0 saturated heterocycles. The van der Waals surface area contributed by atoms with Gasteiger partial charge in [0.15, 0.2) is 5.79 Å². The smallest absolute Gasteiger partial charge is 0.159 e. The first-order chi connectivity index (χ1) is 2.56. The molecule has 0 bridgehead atoms. The Hall–Kier alpha value is 1.02. The molecule has 0 spiro atoms. The van der Waals surface area contributed by atoms with Crippen LogP contribution in [-0.4, -0.2) is 16.0 Å². The van der Waals surface area contributed by atoms with Crippen LogP contribution >= 0.6 is 0 Å². The van der Waals surface area contributed by atoms with Crippen LogP contribution in [0.5, 0.6) is 0 Å². The van der Waals surface area contributed by atoms with Crippen LogP contribution in [0.25, 0.3) is 0 Å². The summed E-state index contributed by atoms with van der Waals surface area (Å²) in [6.07, 6.45) is 0.382. The van der Waals surface area contributed by atoms with E-state index >= 15 is 0 Å². The Bertz CT molecular complexity index is 39.4. The molecule has 0 aromatic rings. The maximum absolute atomic E-state index is 8.38. The third kappa shape index (κ3) is 10.9. The molecule has 0 fully saturated rings. The fraction of sp³-hybridized carbons (Fsp3) is 1.00. The van der Waals surface area contributed by atoms with E-state index in [-0.39, 0.29) is 32.7 Å². The Morgan fingerprint density at radius 1 is 1.43 bits per heavy atom. The van der Waals surface area contributed by atoms with Gasteiger partial charge in [-0.3, -0.25) is 0 Å². The van der Waals surface area contributed by atoms with Crippen LogP contribution in [0.4, 0.5) is 0 Å². The van der Waals surface area contributed by atoms with E-state index in [2.05, 4.69) is 0 Å². The molecule has 2 nitrogen and oxygen atoms in total. The normalized spacial score (nSPS) is 10.3. The summed E-state index contributed by atoms with van der Waals surface area (Å²) in [5, 5.41) is 16.8. The predicted octanol–water partition coefficient (Wildman–Crippen LogP) is 0.0947. The van der Waals surface area contributed by atoms with Gasteiger partial charge in [-0.2, -0.15) is 0 Å². The third-order valence-corrected chi connectivity index (χ3v) is 0.670. The van der Waals surface area contributed by atoms with Crippen molar-refractivity contribution < 1.29 is 42.9 Å². The van der Waals surface area contributed by atoms with Crippen LogP contribution < -0.4 is 0 Å². The van der Waals surface area contributed by atoms with Gasteiger partial charge in [-0.15, -0.1) is 0 Å². The molecule has 2 N–H and O–H groups in total. The molecule has 0 amide bonds. The van der Waals surface area contributed by atoms with Crippen molar-refractivity contribution in [3.05, 3.63) is 0 Å². The van der Waals surface area contributed by atoms with E-state index < -0.39 is 5.79 Å². The van der Waals surface area contributed by atoms with Crippen molar-refractivity contribution in [3.63, 3.8) is 0 Å². The van der Waals surface area contributed by atoms with Gasteiger partial charge in [-0.1, -0.05) is 6.92 Å². The van der Waals surface area contributed by atoms with E-state index in [9.17, 15) is 0 Å². The number of aliphatic hydroxyl groups is 2. The van der Waals surface area contributed by atoms with Gasteiger partial charge in [0.25, 0.3) is 0 Å². The monoisotopic (exact) mass is 179 g/mol. The average molecular weight is 179 g/mol. The van der Waals surface area contributed by atoms with Crippen LogP contribution in [0.15, 0.2) is 0 Å². The second-order valence-electron chi connectivity index (χ2n) is 1.57. The molecule has 0 aliphatic carbocycles. The van der Waals surface area contributed by atoms with Gasteiger partial charge in [0.05, 0.1) is 0 Å². The SMILES string of the molecule is CCC(C)(O)O.[Y]. The molecule has 0 aromatic carbocycles. The van der Waals surface area contributed by atoms with E-state index in [0.717, 1.165) is 0 Å². The Morgan fingerprint density at radius 2 is 1.57 bits per heavy atom. The van der Waals surface area contributed by atoms with Crippen molar-refractivity contribution in [2.24, 2.45) is 0 Å². The maximum atomic E-state index is 8.38. The standard InChI is InChI=1S/C4H10O2.Y/c1-3-4(2,5)6;/h5-6H,3H2,1-2H3;. The topological polar surface area (TPSA) is 40.5 Å². The van der Waals surface area contributed by atoms with E-state index in [0.29, 0.717) is 6.42 Å². The van der Waals surface area contributed by atoms with Crippen LogP contribution in [0, 0.1) is 0 Å².